The van der Waals surface area contributed by atoms with Crippen LogP contribution in [-0.2, 0) is 28.7 Å². The van der Waals surface area contributed by atoms with E-state index in [0.29, 0.717) is 43.3 Å². The molecule has 8 atom stereocenters. The number of nitrogens with zero attached hydrogens (tertiary/aromatic N) is 1. The van der Waals surface area contributed by atoms with E-state index in [2.05, 4.69) is 24.5 Å². The van der Waals surface area contributed by atoms with E-state index in [1.807, 2.05) is 48.5 Å². The first-order chi connectivity index (χ1) is 21.0. The van der Waals surface area contributed by atoms with E-state index >= 15 is 0 Å². The number of ether oxygens (including phenoxy) is 4. The molecule has 260 valence electrons. The summed E-state index contributed by atoms with van der Waals surface area (Å²) in [5, 5.41) is 6.35. The van der Waals surface area contributed by atoms with Crippen LogP contribution >= 0.6 is 0 Å². The van der Waals surface area contributed by atoms with E-state index in [1.165, 1.54) is 6.42 Å². The maximum Gasteiger partial charge on any atom is 0.410 e. The number of rotatable bonds is 12. The summed E-state index contributed by atoms with van der Waals surface area (Å²) in [7, 11) is 0. The normalized spacial score (nSPS) is 34.4. The lowest BCUT2D eigenvalue weighted by Crippen LogP contribution is -2.70. The average molecular weight is 640 g/mol. The molecule has 0 aromatic heterocycles. The van der Waals surface area contributed by atoms with Crippen LogP contribution in [0.3, 0.4) is 0 Å². The Bertz CT molecular complexity index is 999. The van der Waals surface area contributed by atoms with Crippen molar-refractivity contribution in [2.75, 3.05) is 32.7 Å². The van der Waals surface area contributed by atoms with Gasteiger partial charge in [0.05, 0.1) is 6.10 Å². The maximum absolute atomic E-state index is 12.9. The molecule has 0 radical (unpaired) electrons. The fourth-order valence-electron chi connectivity index (χ4n) is 7.63. The van der Waals surface area contributed by atoms with Crippen molar-refractivity contribution in [2.45, 2.75) is 149 Å². The SMILES string of the molecule is C[C@H]1[C@@H](CCNCCCN(CCCCNC(=O)OC(C)(C)C)C(=O)OC(C)(C)C)O[C@@H]2O[C@@]3(C)CC[C@H]4[C@H](C)CC[C@@H]1[C@@]24OO3. The molecule has 45 heavy (non-hydrogen) atoms. The second-order valence-corrected chi connectivity index (χ2v) is 15.9. The highest BCUT2D eigenvalue weighted by molar-refractivity contribution is 5.68. The number of fused-ring (bicyclic) bond motifs is 2. The fourth-order valence-corrected chi connectivity index (χ4v) is 7.63. The Labute approximate surface area is 271 Å². The molecule has 1 spiro atoms. The Hall–Kier alpha value is -1.66. The summed E-state index contributed by atoms with van der Waals surface area (Å²) in [6.07, 6.45) is 6.27. The zero-order chi connectivity index (χ0) is 33.0. The Morgan fingerprint density at radius 1 is 0.867 bits per heavy atom. The summed E-state index contributed by atoms with van der Waals surface area (Å²) < 4.78 is 24.2. The van der Waals surface area contributed by atoms with E-state index in [9.17, 15) is 9.59 Å². The van der Waals surface area contributed by atoms with Crippen molar-refractivity contribution >= 4 is 12.2 Å². The minimum Gasteiger partial charge on any atom is -0.444 e. The predicted molar refractivity (Wildman–Crippen MR) is 170 cm³/mol. The Morgan fingerprint density at radius 2 is 1.58 bits per heavy atom. The standard InChI is InChI=1S/C34H61N3O8/c1-23-13-14-26-24(2)27(40-28-34(26)25(23)15-17-33(9,41-28)44-45-34)16-20-35-18-12-22-37(30(39)43-32(6,7)8)21-11-10-19-36-29(38)42-31(3,4)5/h23-28,35H,10-22H2,1-9H3,(H,36,38)/t23-,24-,25+,26+,27-,28-,33-,34-/m1/s1. The second kappa shape index (κ2) is 14.6. The first-order valence-electron chi connectivity index (χ1n) is 17.4. The number of hydrogen-bond donors (Lipinski definition) is 2. The Morgan fingerprint density at radius 3 is 2.29 bits per heavy atom. The molecule has 2 bridgehead atoms. The molecule has 0 unspecified atom stereocenters. The van der Waals surface area contributed by atoms with Crippen molar-refractivity contribution in [3.8, 4) is 0 Å². The van der Waals surface area contributed by atoms with Crippen LogP contribution in [0.1, 0.15) is 114 Å². The summed E-state index contributed by atoms with van der Waals surface area (Å²) in [4.78, 5) is 38.8. The number of alkyl carbamates (subject to hydrolysis) is 1. The van der Waals surface area contributed by atoms with Gasteiger partial charge < -0.3 is 34.5 Å². The molecule has 4 saturated heterocycles. The summed E-state index contributed by atoms with van der Waals surface area (Å²) in [5.41, 5.74) is -1.61. The van der Waals surface area contributed by atoms with Crippen LogP contribution < -0.4 is 10.6 Å². The summed E-state index contributed by atoms with van der Waals surface area (Å²) in [6.45, 7) is 21.0. The number of nitrogens with one attached hydrogen (secondary N) is 2. The lowest BCUT2D eigenvalue weighted by Gasteiger charge is -2.60. The number of amides is 2. The Kier molecular flexibility index (Phi) is 11.8. The van der Waals surface area contributed by atoms with Crippen LogP contribution in [-0.4, -0.2) is 84.8 Å². The van der Waals surface area contributed by atoms with Crippen molar-refractivity contribution in [3.05, 3.63) is 0 Å². The van der Waals surface area contributed by atoms with Gasteiger partial charge in [-0.2, -0.15) is 0 Å². The zero-order valence-electron chi connectivity index (χ0n) is 29.4. The van der Waals surface area contributed by atoms with Gasteiger partial charge in [-0.1, -0.05) is 13.8 Å². The largest absolute Gasteiger partial charge is 0.444 e. The highest BCUT2D eigenvalue weighted by Crippen LogP contribution is 2.60. The lowest BCUT2D eigenvalue weighted by molar-refractivity contribution is -0.571. The van der Waals surface area contributed by atoms with E-state index in [4.69, 9.17) is 28.7 Å². The van der Waals surface area contributed by atoms with Crippen LogP contribution in [0.15, 0.2) is 0 Å². The third-order valence-electron chi connectivity index (χ3n) is 9.86. The molecule has 1 saturated carbocycles. The number of unbranched alkanes of at least 4 members (excludes halogenated alkanes) is 1. The van der Waals surface area contributed by atoms with Gasteiger partial charge in [-0.25, -0.2) is 19.4 Å². The third kappa shape index (κ3) is 9.24. The van der Waals surface area contributed by atoms with E-state index < -0.39 is 35.0 Å². The van der Waals surface area contributed by atoms with Crippen molar-refractivity contribution in [1.29, 1.82) is 0 Å². The van der Waals surface area contributed by atoms with Gasteiger partial charge in [0.1, 0.15) is 11.2 Å². The minimum atomic E-state index is -0.754. The quantitative estimate of drug-likeness (QED) is 0.192. The third-order valence-corrected chi connectivity index (χ3v) is 9.86. The molecule has 11 nitrogen and oxygen atoms in total. The maximum atomic E-state index is 12.9. The molecular formula is C34H61N3O8. The molecule has 2 N–H and O–H groups in total. The monoisotopic (exact) mass is 639 g/mol. The predicted octanol–water partition coefficient (Wildman–Crippen LogP) is 6.15. The van der Waals surface area contributed by atoms with Crippen molar-refractivity contribution in [3.63, 3.8) is 0 Å². The zero-order valence-corrected chi connectivity index (χ0v) is 29.4. The van der Waals surface area contributed by atoms with Crippen LogP contribution in [0, 0.1) is 23.7 Å². The van der Waals surface area contributed by atoms with Crippen LogP contribution in [0.4, 0.5) is 9.59 Å². The van der Waals surface area contributed by atoms with Crippen molar-refractivity contribution in [1.82, 2.24) is 15.5 Å². The first kappa shape index (κ1) is 36.2. The van der Waals surface area contributed by atoms with Crippen LogP contribution in [0.25, 0.3) is 0 Å². The molecule has 1 aliphatic carbocycles. The molecule has 2 amide bonds. The number of hydrogen-bond acceptors (Lipinski definition) is 9. The highest BCUT2D eigenvalue weighted by Gasteiger charge is 2.69. The van der Waals surface area contributed by atoms with E-state index in [-0.39, 0.29) is 12.2 Å². The van der Waals surface area contributed by atoms with Gasteiger partial charge in [-0.3, -0.25) is 0 Å². The van der Waals surface area contributed by atoms with Crippen molar-refractivity contribution in [2.24, 2.45) is 23.7 Å². The molecular weight excluding hydrogens is 578 g/mol. The topological polar surface area (TPSA) is 117 Å². The van der Waals surface area contributed by atoms with Gasteiger partial charge in [0.15, 0.2) is 11.9 Å². The molecule has 0 aromatic rings. The minimum absolute atomic E-state index is 0.0753. The van der Waals surface area contributed by atoms with Gasteiger partial charge in [0.25, 0.3) is 0 Å². The fraction of sp³-hybridized carbons (Fsp3) is 0.941. The molecule has 5 aliphatic rings. The van der Waals surface area contributed by atoms with E-state index in [0.717, 1.165) is 58.0 Å². The molecule has 0 aromatic carbocycles. The van der Waals surface area contributed by atoms with Gasteiger partial charge in [0, 0.05) is 32.0 Å². The first-order valence-corrected chi connectivity index (χ1v) is 17.4. The van der Waals surface area contributed by atoms with Gasteiger partial charge in [0.2, 0.25) is 5.79 Å². The van der Waals surface area contributed by atoms with Crippen molar-refractivity contribution < 1.29 is 38.3 Å². The molecule has 11 heteroatoms. The molecule has 4 heterocycles. The van der Waals surface area contributed by atoms with Gasteiger partial charge in [-0.15, -0.1) is 0 Å². The van der Waals surface area contributed by atoms with Crippen LogP contribution in [0.2, 0.25) is 0 Å². The highest BCUT2D eigenvalue weighted by atomic mass is 17.3. The van der Waals surface area contributed by atoms with E-state index in [1.54, 1.807) is 4.90 Å². The van der Waals surface area contributed by atoms with Gasteiger partial charge in [-0.05, 0) is 124 Å². The van der Waals surface area contributed by atoms with Gasteiger partial charge >= 0.3 is 12.2 Å². The number of carbonyl (C=O) groups is 2. The summed E-state index contributed by atoms with van der Waals surface area (Å²) in [5.74, 6) is 0.850. The number of carbonyl (C=O) groups excluding carboxylic acids is 2. The smallest absolute Gasteiger partial charge is 0.410 e. The lowest BCUT2D eigenvalue weighted by atomic mass is 9.57. The average Bonchev–Trinajstić information content (AvgIpc) is 3.15. The molecule has 4 aliphatic heterocycles. The summed E-state index contributed by atoms with van der Waals surface area (Å²) in [6, 6.07) is 0. The second-order valence-electron chi connectivity index (χ2n) is 15.9. The summed E-state index contributed by atoms with van der Waals surface area (Å²) >= 11 is 0. The molecule has 5 fully saturated rings. The molecule has 5 rings (SSSR count). The Balaban J connectivity index is 1.21. The van der Waals surface area contributed by atoms with Crippen LogP contribution in [0.5, 0.6) is 0 Å².